The second-order valence-corrected chi connectivity index (χ2v) is 8.12. The van der Waals surface area contributed by atoms with Crippen LogP contribution in [0.25, 0.3) is 0 Å². The fourth-order valence-electron chi connectivity index (χ4n) is 4.42. The molecule has 0 aromatic heterocycles. The summed E-state index contributed by atoms with van der Waals surface area (Å²) in [5, 5.41) is 10.6. The second kappa shape index (κ2) is 6.99. The molecule has 1 aliphatic carbocycles. The Morgan fingerprint density at radius 3 is 2.32 bits per heavy atom. The SMILES string of the molecule is CCC[C@]1(O)CC[C@]2(CCN(c3ccc(OC(C)C)cc3)C2=O)CC1. The highest BCUT2D eigenvalue weighted by Gasteiger charge is 2.51. The summed E-state index contributed by atoms with van der Waals surface area (Å²) in [7, 11) is 0. The zero-order valence-electron chi connectivity index (χ0n) is 15.8. The molecule has 1 N–H and O–H groups in total. The molecule has 2 aliphatic rings. The predicted octanol–water partition coefficient (Wildman–Crippen LogP) is 4.30. The van der Waals surface area contributed by atoms with Gasteiger partial charge in [-0.15, -0.1) is 0 Å². The van der Waals surface area contributed by atoms with Crippen molar-refractivity contribution < 1.29 is 14.6 Å². The Morgan fingerprint density at radius 1 is 1.12 bits per heavy atom. The smallest absolute Gasteiger partial charge is 0.233 e. The van der Waals surface area contributed by atoms with E-state index in [-0.39, 0.29) is 17.4 Å². The molecule has 0 bridgehead atoms. The van der Waals surface area contributed by atoms with Crippen LogP contribution in [0, 0.1) is 5.41 Å². The lowest BCUT2D eigenvalue weighted by molar-refractivity contribution is -0.130. The van der Waals surface area contributed by atoms with Gasteiger partial charge >= 0.3 is 0 Å². The lowest BCUT2D eigenvalue weighted by Crippen LogP contribution is -2.43. The third kappa shape index (κ3) is 3.69. The average molecular weight is 345 g/mol. The third-order valence-corrected chi connectivity index (χ3v) is 5.89. The molecule has 1 spiro atoms. The van der Waals surface area contributed by atoms with Crippen LogP contribution in [0.15, 0.2) is 24.3 Å². The number of hydrogen-bond donors (Lipinski definition) is 1. The van der Waals surface area contributed by atoms with E-state index in [0.717, 1.165) is 62.9 Å². The first-order chi connectivity index (χ1) is 11.9. The van der Waals surface area contributed by atoms with Crippen molar-refractivity contribution in [3.8, 4) is 5.75 Å². The van der Waals surface area contributed by atoms with E-state index < -0.39 is 5.60 Å². The number of carbonyl (C=O) groups excluding carboxylic acids is 1. The van der Waals surface area contributed by atoms with Crippen molar-refractivity contribution in [1.82, 2.24) is 0 Å². The van der Waals surface area contributed by atoms with Gasteiger partial charge in [-0.05, 0) is 76.6 Å². The molecule has 0 radical (unpaired) electrons. The zero-order chi connectivity index (χ0) is 18.1. The summed E-state index contributed by atoms with van der Waals surface area (Å²) >= 11 is 0. The van der Waals surface area contributed by atoms with Gasteiger partial charge in [-0.1, -0.05) is 13.3 Å². The topological polar surface area (TPSA) is 49.8 Å². The number of aliphatic hydroxyl groups is 1. The van der Waals surface area contributed by atoms with Crippen molar-refractivity contribution in [1.29, 1.82) is 0 Å². The Balaban J connectivity index is 1.68. The maximum absolute atomic E-state index is 13.1. The molecule has 0 unspecified atom stereocenters. The van der Waals surface area contributed by atoms with Gasteiger partial charge in [-0.3, -0.25) is 4.79 Å². The minimum Gasteiger partial charge on any atom is -0.491 e. The van der Waals surface area contributed by atoms with Gasteiger partial charge < -0.3 is 14.7 Å². The molecule has 1 aromatic rings. The molecule has 1 heterocycles. The number of nitrogens with zero attached hydrogens (tertiary/aromatic N) is 1. The maximum atomic E-state index is 13.1. The summed E-state index contributed by atoms with van der Waals surface area (Å²) in [6.45, 7) is 6.89. The summed E-state index contributed by atoms with van der Waals surface area (Å²) in [6.07, 6.45) is 6.01. The fraction of sp³-hybridized carbons (Fsp3) is 0.667. The van der Waals surface area contributed by atoms with Gasteiger partial charge in [-0.2, -0.15) is 0 Å². The van der Waals surface area contributed by atoms with E-state index in [0.29, 0.717) is 0 Å². The lowest BCUT2D eigenvalue weighted by atomic mass is 9.67. The first kappa shape index (κ1) is 18.2. The molecule has 0 atom stereocenters. The number of amides is 1. The van der Waals surface area contributed by atoms with Crippen LogP contribution in [0.3, 0.4) is 0 Å². The van der Waals surface area contributed by atoms with Crippen molar-refractivity contribution in [2.75, 3.05) is 11.4 Å². The van der Waals surface area contributed by atoms with Gasteiger partial charge in [0.15, 0.2) is 0 Å². The summed E-state index contributed by atoms with van der Waals surface area (Å²) in [4.78, 5) is 15.0. The zero-order valence-corrected chi connectivity index (χ0v) is 15.8. The molecular weight excluding hydrogens is 314 g/mol. The van der Waals surface area contributed by atoms with Crippen molar-refractivity contribution in [3.63, 3.8) is 0 Å². The maximum Gasteiger partial charge on any atom is 0.233 e. The van der Waals surface area contributed by atoms with E-state index >= 15 is 0 Å². The molecule has 3 rings (SSSR count). The van der Waals surface area contributed by atoms with Crippen molar-refractivity contribution in [2.45, 2.75) is 77.4 Å². The van der Waals surface area contributed by atoms with E-state index in [1.54, 1.807) is 0 Å². The molecule has 2 fully saturated rings. The molecule has 25 heavy (non-hydrogen) atoms. The lowest BCUT2D eigenvalue weighted by Gasteiger charge is -2.41. The number of hydrogen-bond acceptors (Lipinski definition) is 3. The molecule has 1 aromatic carbocycles. The number of carbonyl (C=O) groups is 1. The monoisotopic (exact) mass is 345 g/mol. The van der Waals surface area contributed by atoms with Crippen LogP contribution in [0.1, 0.15) is 65.7 Å². The first-order valence-electron chi connectivity index (χ1n) is 9.69. The number of anilines is 1. The van der Waals surface area contributed by atoms with E-state index in [1.807, 2.05) is 43.0 Å². The van der Waals surface area contributed by atoms with Crippen LogP contribution >= 0.6 is 0 Å². The molecular formula is C21H31NO3. The van der Waals surface area contributed by atoms with Gasteiger partial charge in [0.05, 0.1) is 17.1 Å². The average Bonchev–Trinajstić information content (AvgIpc) is 2.88. The van der Waals surface area contributed by atoms with Crippen LogP contribution in [-0.2, 0) is 4.79 Å². The Bertz CT molecular complexity index is 600. The normalized spacial score (nSPS) is 29.6. The number of benzene rings is 1. The van der Waals surface area contributed by atoms with Gasteiger partial charge in [-0.25, -0.2) is 0 Å². The molecule has 1 aliphatic heterocycles. The van der Waals surface area contributed by atoms with Gasteiger partial charge in [0.1, 0.15) is 5.75 Å². The highest BCUT2D eigenvalue weighted by atomic mass is 16.5. The predicted molar refractivity (Wildman–Crippen MR) is 99.9 cm³/mol. The molecule has 138 valence electrons. The van der Waals surface area contributed by atoms with Crippen molar-refractivity contribution in [3.05, 3.63) is 24.3 Å². The van der Waals surface area contributed by atoms with Gasteiger partial charge in [0, 0.05) is 12.2 Å². The van der Waals surface area contributed by atoms with Gasteiger partial charge in [0.25, 0.3) is 0 Å². The van der Waals surface area contributed by atoms with E-state index in [9.17, 15) is 9.90 Å². The van der Waals surface area contributed by atoms with Crippen molar-refractivity contribution >= 4 is 11.6 Å². The van der Waals surface area contributed by atoms with Crippen molar-refractivity contribution in [2.24, 2.45) is 5.41 Å². The van der Waals surface area contributed by atoms with E-state index in [2.05, 4.69) is 6.92 Å². The van der Waals surface area contributed by atoms with Crippen LogP contribution in [0.2, 0.25) is 0 Å². The van der Waals surface area contributed by atoms with Crippen LogP contribution in [0.4, 0.5) is 5.69 Å². The van der Waals surface area contributed by atoms with Gasteiger partial charge in [0.2, 0.25) is 5.91 Å². The summed E-state index contributed by atoms with van der Waals surface area (Å²) in [5.41, 5.74) is 0.142. The standard InChI is InChI=1S/C21H31NO3/c1-4-9-21(24)12-10-20(11-13-21)14-15-22(19(20)23)17-5-7-18(8-6-17)25-16(2)3/h5-8,16,24H,4,9-15H2,1-3H3/t20-,21+. The number of rotatable bonds is 5. The Hall–Kier alpha value is -1.55. The van der Waals surface area contributed by atoms with E-state index in [4.69, 9.17) is 4.74 Å². The fourth-order valence-corrected chi connectivity index (χ4v) is 4.42. The second-order valence-electron chi connectivity index (χ2n) is 8.12. The Labute approximate surface area is 151 Å². The minimum atomic E-state index is -0.552. The molecule has 1 saturated carbocycles. The Morgan fingerprint density at radius 2 is 1.76 bits per heavy atom. The minimum absolute atomic E-state index is 0.145. The van der Waals surface area contributed by atoms with Crippen LogP contribution in [0.5, 0.6) is 5.75 Å². The quantitative estimate of drug-likeness (QED) is 0.865. The van der Waals surface area contributed by atoms with Crippen LogP contribution < -0.4 is 9.64 Å². The summed E-state index contributed by atoms with van der Waals surface area (Å²) < 4.78 is 5.68. The number of ether oxygens (including phenoxy) is 1. The highest BCUT2D eigenvalue weighted by molar-refractivity contribution is 6.00. The molecule has 1 saturated heterocycles. The molecule has 4 nitrogen and oxygen atoms in total. The Kier molecular flexibility index (Phi) is 5.10. The van der Waals surface area contributed by atoms with E-state index in [1.165, 1.54) is 0 Å². The third-order valence-electron chi connectivity index (χ3n) is 5.89. The molecule has 1 amide bonds. The largest absolute Gasteiger partial charge is 0.491 e. The first-order valence-corrected chi connectivity index (χ1v) is 9.69. The molecule has 4 heteroatoms. The summed E-state index contributed by atoms with van der Waals surface area (Å²) in [6, 6.07) is 7.83. The van der Waals surface area contributed by atoms with Crippen LogP contribution in [-0.4, -0.2) is 29.3 Å². The summed E-state index contributed by atoms with van der Waals surface area (Å²) in [5.74, 6) is 1.07. The highest BCUT2D eigenvalue weighted by Crippen LogP contribution is 2.49.